The molecule has 2 heteroatoms. The Morgan fingerprint density at radius 3 is 2.67 bits per heavy atom. The van der Waals surface area contributed by atoms with E-state index in [1.54, 1.807) is 25.7 Å². The minimum atomic E-state index is 0.682. The van der Waals surface area contributed by atoms with Crippen molar-refractivity contribution in [3.63, 3.8) is 0 Å². The van der Waals surface area contributed by atoms with Crippen molar-refractivity contribution in [2.24, 2.45) is 17.8 Å². The normalized spacial score (nSPS) is 37.5. The van der Waals surface area contributed by atoms with Gasteiger partial charge in [-0.3, -0.25) is 0 Å². The van der Waals surface area contributed by atoms with Crippen LogP contribution in [0.4, 0.5) is 0 Å². The number of nitrogens with one attached hydrogen (secondary N) is 1. The lowest BCUT2D eigenvalue weighted by atomic mass is 9.86. The fourth-order valence-electron chi connectivity index (χ4n) is 4.66. The molecular weight excluding hydrogens is 220 g/mol. The number of hydrogen-bond donors (Lipinski definition) is 1. The summed E-state index contributed by atoms with van der Waals surface area (Å²) in [5, 5.41) is 3.75. The predicted octanol–water partition coefficient (Wildman–Crippen LogP) is 2.89. The third-order valence-corrected chi connectivity index (χ3v) is 5.62. The first-order valence-corrected chi connectivity index (χ1v) is 8.27. The summed E-state index contributed by atoms with van der Waals surface area (Å²) in [7, 11) is 0. The van der Waals surface area contributed by atoms with E-state index in [1.165, 1.54) is 45.4 Å². The second-order valence-electron chi connectivity index (χ2n) is 7.09. The summed E-state index contributed by atoms with van der Waals surface area (Å²) in [6.07, 6.45) is 10.5. The van der Waals surface area contributed by atoms with E-state index in [2.05, 4.69) is 17.1 Å². The Bertz CT molecular complexity index is 260. The summed E-state index contributed by atoms with van der Waals surface area (Å²) in [4.78, 5) is 2.62. The molecular formula is C16H30N2. The molecule has 2 bridgehead atoms. The molecule has 2 saturated carbocycles. The van der Waals surface area contributed by atoms with Crippen LogP contribution < -0.4 is 5.32 Å². The molecule has 3 rings (SSSR count). The van der Waals surface area contributed by atoms with Crippen LogP contribution >= 0.6 is 0 Å². The molecule has 0 aromatic carbocycles. The molecule has 1 N–H and O–H groups in total. The average Bonchev–Trinajstić information content (AvgIpc) is 3.04. The second-order valence-corrected chi connectivity index (χ2v) is 7.09. The smallest absolute Gasteiger partial charge is 0.0166 e. The molecule has 3 fully saturated rings. The van der Waals surface area contributed by atoms with Crippen molar-refractivity contribution in [1.82, 2.24) is 10.2 Å². The lowest BCUT2D eigenvalue weighted by Gasteiger charge is -2.24. The molecule has 4 atom stereocenters. The monoisotopic (exact) mass is 250 g/mol. The van der Waals surface area contributed by atoms with Gasteiger partial charge >= 0.3 is 0 Å². The molecule has 0 amide bonds. The number of likely N-dealkylation sites (tertiary alicyclic amines) is 1. The highest BCUT2D eigenvalue weighted by Crippen LogP contribution is 2.49. The summed E-state index contributed by atoms with van der Waals surface area (Å²) in [5.74, 6) is 3.28. The molecule has 0 aromatic rings. The molecule has 0 radical (unpaired) electrons. The van der Waals surface area contributed by atoms with Gasteiger partial charge < -0.3 is 10.2 Å². The van der Waals surface area contributed by atoms with Gasteiger partial charge in [0.1, 0.15) is 0 Å². The summed E-state index contributed by atoms with van der Waals surface area (Å²) in [6.45, 7) is 7.54. The lowest BCUT2D eigenvalue weighted by Crippen LogP contribution is -2.38. The molecule has 4 unspecified atom stereocenters. The average molecular weight is 250 g/mol. The zero-order valence-electron chi connectivity index (χ0n) is 12.0. The number of nitrogens with zero attached hydrogens (tertiary/aromatic N) is 1. The topological polar surface area (TPSA) is 15.3 Å². The first-order chi connectivity index (χ1) is 8.81. The van der Waals surface area contributed by atoms with Gasteiger partial charge in [-0.1, -0.05) is 6.42 Å². The minimum Gasteiger partial charge on any atom is -0.313 e. The van der Waals surface area contributed by atoms with Crippen LogP contribution in [-0.4, -0.2) is 37.1 Å². The Labute approximate surface area is 113 Å². The standard InChI is InChI=1S/C16H30N2/c1-13(12-18-8-2-3-9-18)17-7-6-16-11-14-4-5-15(16)10-14/h13-17H,2-12H2,1H3. The quantitative estimate of drug-likeness (QED) is 0.780. The summed E-state index contributed by atoms with van der Waals surface area (Å²) in [5.41, 5.74) is 0. The van der Waals surface area contributed by atoms with E-state index in [0.29, 0.717) is 6.04 Å². The van der Waals surface area contributed by atoms with E-state index in [4.69, 9.17) is 0 Å². The van der Waals surface area contributed by atoms with Gasteiger partial charge in [-0.25, -0.2) is 0 Å². The molecule has 104 valence electrons. The maximum absolute atomic E-state index is 3.75. The van der Waals surface area contributed by atoms with Crippen molar-refractivity contribution in [1.29, 1.82) is 0 Å². The van der Waals surface area contributed by atoms with Gasteiger partial charge in [0.15, 0.2) is 0 Å². The maximum atomic E-state index is 3.75. The van der Waals surface area contributed by atoms with Crippen molar-refractivity contribution in [3.8, 4) is 0 Å². The van der Waals surface area contributed by atoms with Gasteiger partial charge in [-0.2, -0.15) is 0 Å². The first-order valence-electron chi connectivity index (χ1n) is 8.27. The SMILES string of the molecule is CC(CN1CCCC1)NCCC1CC2CCC1C2. The summed E-state index contributed by atoms with van der Waals surface area (Å²) in [6, 6.07) is 0.682. The van der Waals surface area contributed by atoms with Crippen LogP contribution in [0.15, 0.2) is 0 Å². The molecule has 0 aromatic heterocycles. The highest BCUT2D eigenvalue weighted by Gasteiger charge is 2.38. The molecule has 18 heavy (non-hydrogen) atoms. The number of rotatable bonds is 6. The van der Waals surface area contributed by atoms with Gasteiger partial charge in [-0.15, -0.1) is 0 Å². The van der Waals surface area contributed by atoms with Crippen molar-refractivity contribution in [2.75, 3.05) is 26.2 Å². The molecule has 2 nitrogen and oxygen atoms in total. The fraction of sp³-hybridized carbons (Fsp3) is 1.00. The van der Waals surface area contributed by atoms with Crippen molar-refractivity contribution >= 4 is 0 Å². The Hall–Kier alpha value is -0.0800. The summed E-state index contributed by atoms with van der Waals surface area (Å²) < 4.78 is 0. The molecule has 2 aliphatic carbocycles. The van der Waals surface area contributed by atoms with Gasteiger partial charge in [0.25, 0.3) is 0 Å². The van der Waals surface area contributed by atoms with Gasteiger partial charge in [0.05, 0.1) is 0 Å². The van der Waals surface area contributed by atoms with Crippen LogP contribution in [-0.2, 0) is 0 Å². The van der Waals surface area contributed by atoms with E-state index in [0.717, 1.165) is 17.8 Å². The van der Waals surface area contributed by atoms with Crippen LogP contribution in [0, 0.1) is 17.8 Å². The third-order valence-electron chi connectivity index (χ3n) is 5.62. The first kappa shape index (κ1) is 12.9. The highest BCUT2D eigenvalue weighted by atomic mass is 15.2. The maximum Gasteiger partial charge on any atom is 0.0166 e. The predicted molar refractivity (Wildman–Crippen MR) is 76.7 cm³/mol. The van der Waals surface area contributed by atoms with Crippen molar-refractivity contribution < 1.29 is 0 Å². The Kier molecular flexibility index (Phi) is 4.25. The van der Waals surface area contributed by atoms with Crippen LogP contribution in [0.5, 0.6) is 0 Å². The molecule has 1 aliphatic heterocycles. The molecule has 1 heterocycles. The van der Waals surface area contributed by atoms with Crippen LogP contribution in [0.1, 0.15) is 51.9 Å². The molecule has 1 saturated heterocycles. The van der Waals surface area contributed by atoms with Gasteiger partial charge in [0.2, 0.25) is 0 Å². The zero-order valence-corrected chi connectivity index (χ0v) is 12.0. The van der Waals surface area contributed by atoms with E-state index in [9.17, 15) is 0 Å². The van der Waals surface area contributed by atoms with E-state index in [-0.39, 0.29) is 0 Å². The number of hydrogen-bond acceptors (Lipinski definition) is 2. The Balaban J connectivity index is 1.29. The van der Waals surface area contributed by atoms with Crippen LogP contribution in [0.25, 0.3) is 0 Å². The molecule has 0 spiro atoms. The van der Waals surface area contributed by atoms with Gasteiger partial charge in [-0.05, 0) is 82.8 Å². The summed E-state index contributed by atoms with van der Waals surface area (Å²) >= 11 is 0. The Morgan fingerprint density at radius 1 is 1.17 bits per heavy atom. The minimum absolute atomic E-state index is 0.682. The van der Waals surface area contributed by atoms with E-state index >= 15 is 0 Å². The number of fused-ring (bicyclic) bond motifs is 2. The third kappa shape index (κ3) is 3.08. The Morgan fingerprint density at radius 2 is 2.00 bits per heavy atom. The second kappa shape index (κ2) is 5.92. The van der Waals surface area contributed by atoms with Crippen LogP contribution in [0.3, 0.4) is 0 Å². The van der Waals surface area contributed by atoms with E-state index < -0.39 is 0 Å². The highest BCUT2D eigenvalue weighted by molar-refractivity contribution is 4.90. The largest absolute Gasteiger partial charge is 0.313 e. The molecule has 3 aliphatic rings. The zero-order chi connectivity index (χ0) is 12.4. The van der Waals surface area contributed by atoms with Crippen LogP contribution in [0.2, 0.25) is 0 Å². The fourth-order valence-corrected chi connectivity index (χ4v) is 4.66. The van der Waals surface area contributed by atoms with Gasteiger partial charge in [0, 0.05) is 12.6 Å². The van der Waals surface area contributed by atoms with Crippen molar-refractivity contribution in [2.45, 2.75) is 57.9 Å². The van der Waals surface area contributed by atoms with Crippen molar-refractivity contribution in [3.05, 3.63) is 0 Å². The lowest BCUT2D eigenvalue weighted by molar-refractivity contribution is 0.278. The van der Waals surface area contributed by atoms with E-state index in [1.807, 2.05) is 0 Å².